The molecule has 0 radical (unpaired) electrons. The van der Waals surface area contributed by atoms with Crippen LogP contribution in [0.4, 0.5) is 0 Å². The SMILES string of the molecule is O=C1CC(C(=O)N2CCN(C3CCS(=O)(=O)C3)CC2)CN1Cc1ccccc1Cl. The number of rotatable bonds is 4. The monoisotopic (exact) mass is 439 g/mol. The molecule has 1 aromatic rings. The van der Waals surface area contributed by atoms with Gasteiger partial charge in [-0.3, -0.25) is 14.5 Å². The second-order valence-electron chi connectivity index (χ2n) is 8.18. The van der Waals surface area contributed by atoms with Gasteiger partial charge in [-0.15, -0.1) is 0 Å². The van der Waals surface area contributed by atoms with Gasteiger partial charge < -0.3 is 9.80 Å². The molecule has 29 heavy (non-hydrogen) atoms. The summed E-state index contributed by atoms with van der Waals surface area (Å²) in [6.07, 6.45) is 0.925. The summed E-state index contributed by atoms with van der Waals surface area (Å²) >= 11 is 6.20. The number of carbonyl (C=O) groups excluding carboxylic acids is 2. The Morgan fingerprint density at radius 2 is 1.86 bits per heavy atom. The summed E-state index contributed by atoms with van der Waals surface area (Å²) in [6.45, 7) is 3.40. The van der Waals surface area contributed by atoms with Crippen LogP contribution < -0.4 is 0 Å². The van der Waals surface area contributed by atoms with Gasteiger partial charge in [-0.1, -0.05) is 29.8 Å². The summed E-state index contributed by atoms with van der Waals surface area (Å²) < 4.78 is 23.4. The number of likely N-dealkylation sites (tertiary alicyclic amines) is 1. The third kappa shape index (κ3) is 4.59. The van der Waals surface area contributed by atoms with Crippen LogP contribution in [0.25, 0.3) is 0 Å². The molecule has 1 aromatic carbocycles. The molecular weight excluding hydrogens is 414 g/mol. The Morgan fingerprint density at radius 1 is 1.14 bits per heavy atom. The average molecular weight is 440 g/mol. The highest BCUT2D eigenvalue weighted by Crippen LogP contribution is 2.26. The number of carbonyl (C=O) groups is 2. The normalized spacial score (nSPS) is 27.6. The predicted octanol–water partition coefficient (Wildman–Crippen LogP) is 1.02. The number of nitrogens with zero attached hydrogens (tertiary/aromatic N) is 3. The highest BCUT2D eigenvalue weighted by molar-refractivity contribution is 7.91. The van der Waals surface area contributed by atoms with Crippen molar-refractivity contribution in [3.05, 3.63) is 34.9 Å². The minimum Gasteiger partial charge on any atom is -0.340 e. The van der Waals surface area contributed by atoms with E-state index < -0.39 is 9.84 Å². The van der Waals surface area contributed by atoms with E-state index in [1.54, 1.807) is 11.0 Å². The van der Waals surface area contributed by atoms with E-state index in [1.807, 2.05) is 23.1 Å². The van der Waals surface area contributed by atoms with Crippen LogP contribution in [0.3, 0.4) is 0 Å². The van der Waals surface area contributed by atoms with Crippen molar-refractivity contribution in [1.29, 1.82) is 0 Å². The highest BCUT2D eigenvalue weighted by Gasteiger charge is 2.39. The van der Waals surface area contributed by atoms with Crippen LogP contribution in [0, 0.1) is 5.92 Å². The molecule has 3 saturated heterocycles. The number of piperazine rings is 1. The van der Waals surface area contributed by atoms with Crippen molar-refractivity contribution in [3.8, 4) is 0 Å². The minimum absolute atomic E-state index is 0.0157. The maximum absolute atomic E-state index is 12.9. The number of hydrogen-bond donors (Lipinski definition) is 0. The van der Waals surface area contributed by atoms with Crippen molar-refractivity contribution >= 4 is 33.3 Å². The Labute approximate surface area is 176 Å². The number of sulfone groups is 1. The highest BCUT2D eigenvalue weighted by atomic mass is 35.5. The molecule has 158 valence electrons. The lowest BCUT2D eigenvalue weighted by Crippen LogP contribution is -2.53. The van der Waals surface area contributed by atoms with Crippen molar-refractivity contribution in [1.82, 2.24) is 14.7 Å². The zero-order valence-corrected chi connectivity index (χ0v) is 17.9. The molecule has 2 atom stereocenters. The first-order valence-corrected chi connectivity index (χ1v) is 12.3. The van der Waals surface area contributed by atoms with Crippen molar-refractivity contribution in [2.24, 2.45) is 5.92 Å². The molecule has 2 unspecified atom stereocenters. The molecular formula is C20H26ClN3O4S. The van der Waals surface area contributed by atoms with Gasteiger partial charge in [0.1, 0.15) is 0 Å². The van der Waals surface area contributed by atoms with Gasteiger partial charge in [0.15, 0.2) is 9.84 Å². The van der Waals surface area contributed by atoms with Gasteiger partial charge in [0.25, 0.3) is 0 Å². The van der Waals surface area contributed by atoms with Gasteiger partial charge in [-0.05, 0) is 18.1 Å². The Bertz CT molecular complexity index is 899. The van der Waals surface area contributed by atoms with Crippen molar-refractivity contribution in [2.75, 3.05) is 44.2 Å². The Balaban J connectivity index is 1.30. The quantitative estimate of drug-likeness (QED) is 0.700. The van der Waals surface area contributed by atoms with Crippen molar-refractivity contribution < 1.29 is 18.0 Å². The average Bonchev–Trinajstić information content (AvgIpc) is 3.25. The third-order valence-corrected chi connectivity index (χ3v) is 8.35. The number of benzene rings is 1. The van der Waals surface area contributed by atoms with Crippen LogP contribution >= 0.6 is 11.6 Å². The van der Waals surface area contributed by atoms with Gasteiger partial charge in [-0.2, -0.15) is 0 Å². The summed E-state index contributed by atoms with van der Waals surface area (Å²) in [5, 5.41) is 0.625. The molecule has 4 rings (SSSR count). The lowest BCUT2D eigenvalue weighted by Gasteiger charge is -2.38. The maximum atomic E-state index is 12.9. The van der Waals surface area contributed by atoms with Gasteiger partial charge in [0, 0.05) is 56.8 Å². The summed E-state index contributed by atoms with van der Waals surface area (Å²) in [7, 11) is -2.90. The number of amides is 2. The number of hydrogen-bond acceptors (Lipinski definition) is 5. The molecule has 7 nitrogen and oxygen atoms in total. The van der Waals surface area contributed by atoms with E-state index in [0.717, 1.165) is 5.56 Å². The van der Waals surface area contributed by atoms with Gasteiger partial charge in [-0.25, -0.2) is 8.42 Å². The maximum Gasteiger partial charge on any atom is 0.228 e. The van der Waals surface area contributed by atoms with E-state index in [9.17, 15) is 18.0 Å². The molecule has 3 heterocycles. The molecule has 0 saturated carbocycles. The number of halogens is 1. The third-order valence-electron chi connectivity index (χ3n) is 6.23. The summed E-state index contributed by atoms with van der Waals surface area (Å²) in [4.78, 5) is 31.1. The summed E-state index contributed by atoms with van der Waals surface area (Å²) in [6, 6.07) is 7.52. The van der Waals surface area contributed by atoms with E-state index >= 15 is 0 Å². The predicted molar refractivity (Wildman–Crippen MR) is 110 cm³/mol. The van der Waals surface area contributed by atoms with E-state index in [4.69, 9.17) is 11.6 Å². The molecule has 0 aromatic heterocycles. The Kier molecular flexibility index (Phi) is 5.86. The van der Waals surface area contributed by atoms with Gasteiger partial charge in [0.2, 0.25) is 11.8 Å². The lowest BCUT2D eigenvalue weighted by atomic mass is 10.1. The second-order valence-corrected chi connectivity index (χ2v) is 10.8. The topological polar surface area (TPSA) is 78.0 Å². The fraction of sp³-hybridized carbons (Fsp3) is 0.600. The molecule has 0 N–H and O–H groups in total. The first-order chi connectivity index (χ1) is 13.8. The van der Waals surface area contributed by atoms with Crippen molar-refractivity contribution in [2.45, 2.75) is 25.4 Å². The van der Waals surface area contributed by atoms with Crippen LogP contribution in [-0.4, -0.2) is 85.2 Å². The first-order valence-electron chi connectivity index (χ1n) is 10.1. The molecule has 3 aliphatic rings. The van der Waals surface area contributed by atoms with Crippen LogP contribution in [0.15, 0.2) is 24.3 Å². The second kappa shape index (κ2) is 8.24. The molecule has 0 spiro atoms. The van der Waals surface area contributed by atoms with Gasteiger partial charge >= 0.3 is 0 Å². The Morgan fingerprint density at radius 3 is 2.52 bits per heavy atom. The first kappa shape index (κ1) is 20.6. The molecule has 3 fully saturated rings. The van der Waals surface area contributed by atoms with Crippen LogP contribution in [-0.2, 0) is 26.0 Å². The fourth-order valence-electron chi connectivity index (χ4n) is 4.55. The molecule has 2 amide bonds. The summed E-state index contributed by atoms with van der Waals surface area (Å²) in [5.74, 6) is 0.192. The van der Waals surface area contributed by atoms with Crippen LogP contribution in [0.1, 0.15) is 18.4 Å². The lowest BCUT2D eigenvalue weighted by molar-refractivity contribution is -0.137. The van der Waals surface area contributed by atoms with E-state index in [0.29, 0.717) is 50.7 Å². The standard InChI is InChI=1S/C20H26ClN3O4S/c21-18-4-2-1-3-15(18)12-24-13-16(11-19(24)25)20(26)23-8-6-22(7-9-23)17-5-10-29(27,28)14-17/h1-4,16-17H,5-14H2. The fourth-order valence-corrected chi connectivity index (χ4v) is 6.51. The van der Waals surface area contributed by atoms with E-state index in [2.05, 4.69) is 4.90 Å². The van der Waals surface area contributed by atoms with E-state index in [1.165, 1.54) is 0 Å². The zero-order valence-electron chi connectivity index (χ0n) is 16.3. The van der Waals surface area contributed by atoms with Crippen molar-refractivity contribution in [3.63, 3.8) is 0 Å². The molecule has 0 bridgehead atoms. The molecule has 0 aliphatic carbocycles. The van der Waals surface area contributed by atoms with Crippen LogP contribution in [0.5, 0.6) is 0 Å². The van der Waals surface area contributed by atoms with Crippen LogP contribution in [0.2, 0.25) is 5.02 Å². The smallest absolute Gasteiger partial charge is 0.228 e. The van der Waals surface area contributed by atoms with E-state index in [-0.39, 0.29) is 41.7 Å². The molecule has 9 heteroatoms. The molecule has 3 aliphatic heterocycles. The van der Waals surface area contributed by atoms with Gasteiger partial charge in [0.05, 0.1) is 17.4 Å². The zero-order chi connectivity index (χ0) is 20.6. The largest absolute Gasteiger partial charge is 0.340 e. The minimum atomic E-state index is -2.90. The Hall–Kier alpha value is -1.64. The summed E-state index contributed by atoms with van der Waals surface area (Å²) in [5.41, 5.74) is 0.885.